The van der Waals surface area contributed by atoms with Gasteiger partial charge in [0.25, 0.3) is 0 Å². The van der Waals surface area contributed by atoms with Crippen LogP contribution in [-0.4, -0.2) is 49.8 Å². The van der Waals surface area contributed by atoms with Crippen molar-refractivity contribution in [1.82, 2.24) is 10.2 Å². The predicted molar refractivity (Wildman–Crippen MR) is 96.3 cm³/mol. The number of nitrogens with zero attached hydrogens (tertiary/aromatic N) is 2. The molecule has 150 valence electrons. The van der Waals surface area contributed by atoms with Gasteiger partial charge in [0, 0.05) is 33.1 Å². The number of rotatable bonds is 6. The first kappa shape index (κ1) is 20.9. The van der Waals surface area contributed by atoms with Crippen molar-refractivity contribution in [3.05, 3.63) is 29.8 Å². The lowest BCUT2D eigenvalue weighted by atomic mass is 9.95. The summed E-state index contributed by atoms with van der Waals surface area (Å²) in [5.41, 5.74) is 6.18. The summed E-state index contributed by atoms with van der Waals surface area (Å²) in [7, 11) is 1.70. The van der Waals surface area contributed by atoms with Crippen LogP contribution in [0.4, 0.5) is 13.2 Å². The van der Waals surface area contributed by atoms with Crippen LogP contribution < -0.4 is 15.8 Å². The summed E-state index contributed by atoms with van der Waals surface area (Å²) >= 11 is 0. The molecule has 1 atom stereocenters. The van der Waals surface area contributed by atoms with Gasteiger partial charge in [-0.25, -0.2) is 0 Å². The van der Waals surface area contributed by atoms with Gasteiger partial charge in [-0.1, -0.05) is 12.1 Å². The maximum Gasteiger partial charge on any atom is 0.573 e. The van der Waals surface area contributed by atoms with Gasteiger partial charge in [-0.3, -0.25) is 9.79 Å². The van der Waals surface area contributed by atoms with E-state index < -0.39 is 6.36 Å². The van der Waals surface area contributed by atoms with Crippen molar-refractivity contribution in [2.45, 2.75) is 32.0 Å². The summed E-state index contributed by atoms with van der Waals surface area (Å²) in [6, 6.07) is 5.82. The topological polar surface area (TPSA) is 80.0 Å². The summed E-state index contributed by atoms with van der Waals surface area (Å²) in [6.07, 6.45) is -1.73. The van der Waals surface area contributed by atoms with E-state index in [-0.39, 0.29) is 17.6 Å². The highest BCUT2D eigenvalue weighted by Crippen LogP contribution is 2.23. The molecule has 1 amide bonds. The third-order valence-electron chi connectivity index (χ3n) is 4.37. The number of carbonyl (C=O) groups is 1. The van der Waals surface area contributed by atoms with E-state index in [1.165, 1.54) is 12.1 Å². The molecule has 0 aromatic heterocycles. The van der Waals surface area contributed by atoms with Crippen molar-refractivity contribution in [2.75, 3.05) is 26.7 Å². The van der Waals surface area contributed by atoms with E-state index in [9.17, 15) is 18.0 Å². The van der Waals surface area contributed by atoms with Gasteiger partial charge in [0.05, 0.1) is 0 Å². The van der Waals surface area contributed by atoms with Crippen molar-refractivity contribution in [1.29, 1.82) is 0 Å². The largest absolute Gasteiger partial charge is 0.573 e. The van der Waals surface area contributed by atoms with Gasteiger partial charge in [-0.05, 0) is 42.9 Å². The maximum atomic E-state index is 12.2. The van der Waals surface area contributed by atoms with E-state index in [4.69, 9.17) is 5.73 Å². The van der Waals surface area contributed by atoms with Crippen molar-refractivity contribution >= 4 is 11.9 Å². The lowest BCUT2D eigenvalue weighted by Gasteiger charge is -2.34. The van der Waals surface area contributed by atoms with E-state index in [2.05, 4.69) is 19.9 Å². The number of halogens is 3. The Balaban J connectivity index is 1.81. The number of aliphatic imine (C=N–C) groups is 1. The second-order valence-corrected chi connectivity index (χ2v) is 6.54. The second-order valence-electron chi connectivity index (χ2n) is 6.54. The molecular formula is C18H25F3N4O2. The minimum atomic E-state index is -4.68. The molecule has 9 heteroatoms. The molecule has 1 aliphatic rings. The van der Waals surface area contributed by atoms with E-state index in [1.54, 1.807) is 19.2 Å². The average molecular weight is 386 g/mol. The fraction of sp³-hybridized carbons (Fsp3) is 0.556. The number of primary amides is 1. The van der Waals surface area contributed by atoms with E-state index in [1.807, 2.05) is 0 Å². The summed E-state index contributed by atoms with van der Waals surface area (Å²) in [6.45, 7) is 2.17. The fourth-order valence-electron chi connectivity index (χ4n) is 3.22. The van der Waals surface area contributed by atoms with E-state index in [0.29, 0.717) is 19.4 Å². The van der Waals surface area contributed by atoms with Crippen molar-refractivity contribution in [2.24, 2.45) is 16.6 Å². The first-order chi connectivity index (χ1) is 12.8. The van der Waals surface area contributed by atoms with Gasteiger partial charge in [0.2, 0.25) is 5.91 Å². The molecule has 1 unspecified atom stereocenters. The number of amides is 1. The molecular weight excluding hydrogens is 361 g/mol. The van der Waals surface area contributed by atoms with Crippen LogP contribution in [0.2, 0.25) is 0 Å². The summed E-state index contributed by atoms with van der Waals surface area (Å²) in [5, 5.41) is 3.26. The summed E-state index contributed by atoms with van der Waals surface area (Å²) in [5.74, 6) is 0.462. The number of hydrogen-bond donors (Lipinski definition) is 2. The Morgan fingerprint density at radius 3 is 2.67 bits per heavy atom. The molecule has 1 saturated heterocycles. The molecule has 6 nitrogen and oxygen atoms in total. The van der Waals surface area contributed by atoms with Gasteiger partial charge >= 0.3 is 6.36 Å². The summed E-state index contributed by atoms with van der Waals surface area (Å²) < 4.78 is 40.4. The number of nitrogens with two attached hydrogens (primary N) is 1. The van der Waals surface area contributed by atoms with Gasteiger partial charge in [0.15, 0.2) is 5.96 Å². The molecule has 27 heavy (non-hydrogen) atoms. The first-order valence-electron chi connectivity index (χ1n) is 8.85. The SMILES string of the molecule is CN=C(NCCc1ccc(OC(F)(F)F)cc1)N1CCCC(CC(N)=O)C1. The van der Waals surface area contributed by atoms with Gasteiger partial charge < -0.3 is 20.7 Å². The van der Waals surface area contributed by atoms with E-state index in [0.717, 1.165) is 37.5 Å². The third-order valence-corrected chi connectivity index (χ3v) is 4.37. The number of nitrogens with one attached hydrogen (secondary N) is 1. The Labute approximate surface area is 156 Å². The Hall–Kier alpha value is -2.45. The number of benzene rings is 1. The predicted octanol–water partition coefficient (Wildman–Crippen LogP) is 2.29. The Bertz CT molecular complexity index is 647. The normalized spacial score (nSPS) is 18.3. The number of ether oxygens (including phenoxy) is 1. The van der Waals surface area contributed by atoms with Gasteiger partial charge in [-0.15, -0.1) is 13.2 Å². The molecule has 0 aliphatic carbocycles. The van der Waals surface area contributed by atoms with Crippen molar-refractivity contribution in [3.8, 4) is 5.75 Å². The highest BCUT2D eigenvalue weighted by molar-refractivity contribution is 5.80. The molecule has 1 fully saturated rings. The Kier molecular flexibility index (Phi) is 7.32. The number of guanidine groups is 1. The van der Waals surface area contributed by atoms with Crippen LogP contribution in [0.25, 0.3) is 0 Å². The molecule has 1 heterocycles. The highest BCUT2D eigenvalue weighted by atomic mass is 19.4. The zero-order valence-electron chi connectivity index (χ0n) is 15.3. The molecule has 1 aliphatic heterocycles. The van der Waals surface area contributed by atoms with E-state index >= 15 is 0 Å². The smallest absolute Gasteiger partial charge is 0.406 e. The molecule has 0 saturated carbocycles. The monoisotopic (exact) mass is 386 g/mol. The quantitative estimate of drug-likeness (QED) is 0.581. The first-order valence-corrected chi connectivity index (χ1v) is 8.85. The fourth-order valence-corrected chi connectivity index (χ4v) is 3.22. The number of alkyl halides is 3. The third kappa shape index (κ3) is 7.36. The second kappa shape index (κ2) is 9.48. The molecule has 0 spiro atoms. The molecule has 0 radical (unpaired) electrons. The minimum Gasteiger partial charge on any atom is -0.406 e. The highest BCUT2D eigenvalue weighted by Gasteiger charge is 2.31. The molecule has 2 rings (SSSR count). The van der Waals surface area contributed by atoms with Crippen LogP contribution in [-0.2, 0) is 11.2 Å². The molecule has 3 N–H and O–H groups in total. The number of likely N-dealkylation sites (tertiary alicyclic amines) is 1. The average Bonchev–Trinajstić information content (AvgIpc) is 2.58. The van der Waals surface area contributed by atoms with Crippen LogP contribution in [0.1, 0.15) is 24.8 Å². The lowest BCUT2D eigenvalue weighted by Crippen LogP contribution is -2.47. The molecule has 1 aromatic carbocycles. The van der Waals surface area contributed by atoms with Gasteiger partial charge in [0.1, 0.15) is 5.75 Å². The van der Waals surface area contributed by atoms with Crippen molar-refractivity contribution in [3.63, 3.8) is 0 Å². The Morgan fingerprint density at radius 1 is 1.37 bits per heavy atom. The molecule has 0 bridgehead atoms. The number of piperidine rings is 1. The zero-order chi connectivity index (χ0) is 19.9. The van der Waals surface area contributed by atoms with Crippen LogP contribution in [0.5, 0.6) is 5.75 Å². The number of carbonyl (C=O) groups excluding carboxylic acids is 1. The molecule has 1 aromatic rings. The Morgan fingerprint density at radius 2 is 2.07 bits per heavy atom. The zero-order valence-corrected chi connectivity index (χ0v) is 15.3. The number of hydrogen-bond acceptors (Lipinski definition) is 3. The maximum absolute atomic E-state index is 12.2. The van der Waals surface area contributed by atoms with Crippen LogP contribution in [0, 0.1) is 5.92 Å². The van der Waals surface area contributed by atoms with Gasteiger partial charge in [-0.2, -0.15) is 0 Å². The summed E-state index contributed by atoms with van der Waals surface area (Å²) in [4.78, 5) is 17.5. The van der Waals surface area contributed by atoms with Crippen LogP contribution in [0.3, 0.4) is 0 Å². The lowest BCUT2D eigenvalue weighted by molar-refractivity contribution is -0.274. The standard InChI is InChI=1S/C18H25F3N4O2/c1-23-17(25-10-2-3-14(12-25)11-16(22)26)24-9-8-13-4-6-15(7-5-13)27-18(19,20)21/h4-7,14H,2-3,8-12H2,1H3,(H2,22,26)(H,23,24). The van der Waals surface area contributed by atoms with Crippen LogP contribution in [0.15, 0.2) is 29.3 Å². The van der Waals surface area contributed by atoms with Crippen LogP contribution >= 0.6 is 0 Å². The minimum absolute atomic E-state index is 0.232. The van der Waals surface area contributed by atoms with Crippen molar-refractivity contribution < 1.29 is 22.7 Å².